The molecule has 1 amide bonds. The van der Waals surface area contributed by atoms with Gasteiger partial charge in [-0.1, -0.05) is 0 Å². The highest BCUT2D eigenvalue weighted by Gasteiger charge is 2.10. The lowest BCUT2D eigenvalue weighted by Gasteiger charge is -2.12. The van der Waals surface area contributed by atoms with E-state index in [-0.39, 0.29) is 11.9 Å². The fraction of sp³-hybridized carbons (Fsp3) is 0.300. The van der Waals surface area contributed by atoms with Crippen molar-refractivity contribution in [3.05, 3.63) is 36.4 Å². The lowest BCUT2D eigenvalue weighted by atomic mass is 10.3. The lowest BCUT2D eigenvalue weighted by molar-refractivity contribution is 0.0931. The molecule has 6 nitrogen and oxygen atoms in total. The number of amides is 1. The zero-order valence-corrected chi connectivity index (χ0v) is 8.92. The number of aromatic nitrogens is 4. The third kappa shape index (κ3) is 2.47. The first-order chi connectivity index (χ1) is 7.75. The molecule has 0 unspecified atom stereocenters. The van der Waals surface area contributed by atoms with Crippen LogP contribution >= 0.6 is 0 Å². The molecule has 16 heavy (non-hydrogen) atoms. The highest BCUT2D eigenvalue weighted by molar-refractivity contribution is 5.92. The summed E-state index contributed by atoms with van der Waals surface area (Å²) >= 11 is 0. The van der Waals surface area contributed by atoms with Crippen LogP contribution in [0.25, 0.3) is 0 Å². The van der Waals surface area contributed by atoms with Crippen molar-refractivity contribution in [3.8, 4) is 0 Å². The molecule has 2 aromatic rings. The molecule has 0 aromatic carbocycles. The average Bonchev–Trinajstić information content (AvgIpc) is 2.88. The summed E-state index contributed by atoms with van der Waals surface area (Å²) in [5.74, 6) is -0.155. The zero-order chi connectivity index (χ0) is 11.4. The molecule has 0 aliphatic rings. The van der Waals surface area contributed by atoms with Gasteiger partial charge in [-0.15, -0.1) is 0 Å². The molecule has 0 fully saturated rings. The monoisotopic (exact) mass is 219 g/mol. The molecule has 0 saturated heterocycles. The van der Waals surface area contributed by atoms with E-state index < -0.39 is 0 Å². The summed E-state index contributed by atoms with van der Waals surface area (Å²) in [4.78, 5) is 11.6. The topological polar surface area (TPSA) is 75.6 Å². The number of rotatable bonds is 4. The van der Waals surface area contributed by atoms with Crippen LogP contribution in [-0.4, -0.2) is 31.9 Å². The van der Waals surface area contributed by atoms with Gasteiger partial charge >= 0.3 is 0 Å². The van der Waals surface area contributed by atoms with E-state index >= 15 is 0 Å². The van der Waals surface area contributed by atoms with Crippen molar-refractivity contribution in [2.24, 2.45) is 0 Å². The van der Waals surface area contributed by atoms with E-state index in [1.807, 2.05) is 19.2 Å². The molecular formula is C10H13N5O. The number of nitrogens with one attached hydrogen (secondary N) is 2. The molecule has 6 heteroatoms. The van der Waals surface area contributed by atoms with Crippen molar-refractivity contribution in [1.29, 1.82) is 0 Å². The zero-order valence-electron chi connectivity index (χ0n) is 8.92. The molecule has 0 aliphatic heterocycles. The van der Waals surface area contributed by atoms with Crippen LogP contribution in [0.1, 0.15) is 17.4 Å². The minimum Gasteiger partial charge on any atom is -0.346 e. The van der Waals surface area contributed by atoms with Crippen molar-refractivity contribution < 1.29 is 4.79 Å². The number of H-pyrrole nitrogens is 1. The smallest absolute Gasteiger partial charge is 0.269 e. The van der Waals surface area contributed by atoms with Crippen LogP contribution in [-0.2, 0) is 6.54 Å². The van der Waals surface area contributed by atoms with Gasteiger partial charge in [0.1, 0.15) is 5.69 Å². The molecule has 84 valence electrons. The Morgan fingerprint density at radius 3 is 3.12 bits per heavy atom. The average molecular weight is 219 g/mol. The summed E-state index contributed by atoms with van der Waals surface area (Å²) in [7, 11) is 0. The van der Waals surface area contributed by atoms with Gasteiger partial charge in [0.15, 0.2) is 0 Å². The number of nitrogens with zero attached hydrogens (tertiary/aromatic N) is 3. The lowest BCUT2D eigenvalue weighted by Crippen LogP contribution is -2.36. The molecule has 0 aliphatic carbocycles. The fourth-order valence-electron chi connectivity index (χ4n) is 1.42. The number of hydrogen-bond donors (Lipinski definition) is 2. The summed E-state index contributed by atoms with van der Waals surface area (Å²) in [5.41, 5.74) is 0.465. The maximum atomic E-state index is 11.6. The van der Waals surface area contributed by atoms with Crippen LogP contribution in [0.3, 0.4) is 0 Å². The summed E-state index contributed by atoms with van der Waals surface area (Å²) in [5, 5.41) is 13.3. The first-order valence-corrected chi connectivity index (χ1v) is 5.03. The molecule has 2 heterocycles. The first-order valence-electron chi connectivity index (χ1n) is 5.03. The Hall–Kier alpha value is -2.11. The third-order valence-electron chi connectivity index (χ3n) is 2.14. The van der Waals surface area contributed by atoms with E-state index in [4.69, 9.17) is 0 Å². The Balaban J connectivity index is 1.88. The highest BCUT2D eigenvalue weighted by Crippen LogP contribution is 1.95. The Kier molecular flexibility index (Phi) is 3.00. The summed E-state index contributed by atoms with van der Waals surface area (Å²) in [6, 6.07) is 3.50. The number of hydrogen-bond acceptors (Lipinski definition) is 3. The predicted molar refractivity (Wildman–Crippen MR) is 57.7 cm³/mol. The number of aromatic amines is 1. The Morgan fingerprint density at radius 1 is 1.62 bits per heavy atom. The van der Waals surface area contributed by atoms with Gasteiger partial charge in [-0.25, -0.2) is 0 Å². The Bertz CT molecular complexity index is 434. The SMILES string of the molecule is C[C@H](Cn1cccn1)NC(=O)c1ccn[nH]1. The Morgan fingerprint density at radius 2 is 2.50 bits per heavy atom. The Labute approximate surface area is 92.7 Å². The molecule has 0 radical (unpaired) electrons. The van der Waals surface area contributed by atoms with Crippen LogP contribution in [0, 0.1) is 0 Å². The van der Waals surface area contributed by atoms with E-state index in [1.165, 1.54) is 0 Å². The largest absolute Gasteiger partial charge is 0.346 e. The van der Waals surface area contributed by atoms with Crippen LogP contribution in [0.5, 0.6) is 0 Å². The van der Waals surface area contributed by atoms with Gasteiger partial charge < -0.3 is 5.32 Å². The first kappa shape index (κ1) is 10.4. The van der Waals surface area contributed by atoms with Crippen molar-refractivity contribution in [1.82, 2.24) is 25.3 Å². The summed E-state index contributed by atoms with van der Waals surface area (Å²) < 4.78 is 1.78. The molecule has 1 atom stereocenters. The van der Waals surface area contributed by atoms with Crippen molar-refractivity contribution in [2.75, 3.05) is 0 Å². The standard InChI is InChI=1S/C10H13N5O/c1-8(7-15-6-2-4-12-15)13-10(16)9-3-5-11-14-9/h2-6,8H,7H2,1H3,(H,11,14)(H,13,16)/t8-/m1/s1. The summed E-state index contributed by atoms with van der Waals surface area (Å²) in [6.45, 7) is 2.57. The molecular weight excluding hydrogens is 206 g/mol. The van der Waals surface area contributed by atoms with E-state index in [2.05, 4.69) is 20.6 Å². The van der Waals surface area contributed by atoms with Gasteiger partial charge in [-0.2, -0.15) is 10.2 Å². The van der Waals surface area contributed by atoms with E-state index in [9.17, 15) is 4.79 Å². The quantitative estimate of drug-likeness (QED) is 0.782. The van der Waals surface area contributed by atoms with Crippen LogP contribution in [0.15, 0.2) is 30.7 Å². The van der Waals surface area contributed by atoms with Crippen molar-refractivity contribution >= 4 is 5.91 Å². The second kappa shape index (κ2) is 4.61. The molecule has 2 N–H and O–H groups in total. The van der Waals surface area contributed by atoms with E-state index in [0.717, 1.165) is 0 Å². The molecule has 2 rings (SSSR count). The van der Waals surface area contributed by atoms with E-state index in [0.29, 0.717) is 12.2 Å². The molecule has 0 saturated carbocycles. The van der Waals surface area contributed by atoms with E-state index in [1.54, 1.807) is 23.1 Å². The fourth-order valence-corrected chi connectivity index (χ4v) is 1.42. The van der Waals surface area contributed by atoms with Gasteiger partial charge in [0.2, 0.25) is 0 Å². The maximum Gasteiger partial charge on any atom is 0.269 e. The number of carbonyl (C=O) groups is 1. The van der Waals surface area contributed by atoms with Gasteiger partial charge in [0, 0.05) is 24.6 Å². The van der Waals surface area contributed by atoms with Crippen LogP contribution in [0.4, 0.5) is 0 Å². The van der Waals surface area contributed by atoms with Gasteiger partial charge in [-0.05, 0) is 19.1 Å². The van der Waals surface area contributed by atoms with Crippen molar-refractivity contribution in [3.63, 3.8) is 0 Å². The van der Waals surface area contributed by atoms with Crippen LogP contribution in [0.2, 0.25) is 0 Å². The highest BCUT2D eigenvalue weighted by atomic mass is 16.2. The van der Waals surface area contributed by atoms with Gasteiger partial charge in [-0.3, -0.25) is 14.6 Å². The number of carbonyl (C=O) groups excluding carboxylic acids is 1. The van der Waals surface area contributed by atoms with Gasteiger partial charge in [0.05, 0.1) is 6.54 Å². The molecule has 0 bridgehead atoms. The third-order valence-corrected chi connectivity index (χ3v) is 2.14. The van der Waals surface area contributed by atoms with Gasteiger partial charge in [0.25, 0.3) is 5.91 Å². The minimum atomic E-state index is -0.155. The molecule has 2 aromatic heterocycles. The maximum absolute atomic E-state index is 11.6. The van der Waals surface area contributed by atoms with Crippen LogP contribution < -0.4 is 5.32 Å². The molecule has 0 spiro atoms. The minimum absolute atomic E-state index is 0.00991. The normalized spacial score (nSPS) is 12.3. The second-order valence-electron chi connectivity index (χ2n) is 3.57. The predicted octanol–water partition coefficient (Wildman–Crippen LogP) is 0.425. The second-order valence-corrected chi connectivity index (χ2v) is 3.57. The van der Waals surface area contributed by atoms with Crippen molar-refractivity contribution in [2.45, 2.75) is 19.5 Å². The summed E-state index contributed by atoms with van der Waals surface area (Å²) in [6.07, 6.45) is 5.12.